The fraction of sp³-hybridized carbons (Fsp3) is 0.333. The summed E-state index contributed by atoms with van der Waals surface area (Å²) in [4.78, 5) is 0. The first kappa shape index (κ1) is 11.3. The van der Waals surface area contributed by atoms with Crippen LogP contribution in [0.1, 0.15) is 18.7 Å². The Morgan fingerprint density at radius 3 is 2.94 bits per heavy atom. The summed E-state index contributed by atoms with van der Waals surface area (Å²) in [5.74, 6) is 2.02. The molecule has 1 atom stereocenters. The lowest BCUT2D eigenvalue weighted by molar-refractivity contribution is 0.342. The third kappa shape index (κ3) is 2.31. The Kier molecular flexibility index (Phi) is 3.36. The third-order valence-electron chi connectivity index (χ3n) is 2.31. The number of furan rings is 1. The lowest BCUT2D eigenvalue weighted by Crippen LogP contribution is -2.02. The standard InChI is InChI=1S/C12H14ClNO2/c1-8(14)11-6-9-2-3-10(15-5-4-13)7-12(9)16-11/h2-3,6-8H,4-5,14H2,1H3. The molecular weight excluding hydrogens is 226 g/mol. The molecule has 1 unspecified atom stereocenters. The molecule has 1 aromatic heterocycles. The Labute approximate surface area is 99.1 Å². The fourth-order valence-corrected chi connectivity index (χ4v) is 1.58. The molecule has 0 aliphatic heterocycles. The van der Waals surface area contributed by atoms with Gasteiger partial charge in [0.15, 0.2) is 0 Å². The molecule has 0 aliphatic carbocycles. The topological polar surface area (TPSA) is 48.4 Å². The van der Waals surface area contributed by atoms with Gasteiger partial charge < -0.3 is 14.9 Å². The van der Waals surface area contributed by atoms with Crippen LogP contribution in [0.25, 0.3) is 11.0 Å². The largest absolute Gasteiger partial charge is 0.492 e. The van der Waals surface area contributed by atoms with E-state index in [2.05, 4.69) is 0 Å². The molecule has 2 aromatic rings. The van der Waals surface area contributed by atoms with Crippen LogP contribution in [0, 0.1) is 0 Å². The predicted molar refractivity (Wildman–Crippen MR) is 65.0 cm³/mol. The number of rotatable bonds is 4. The summed E-state index contributed by atoms with van der Waals surface area (Å²) in [6.45, 7) is 2.39. The molecule has 16 heavy (non-hydrogen) atoms. The van der Waals surface area contributed by atoms with E-state index in [1.807, 2.05) is 31.2 Å². The molecule has 0 fully saturated rings. The minimum absolute atomic E-state index is 0.0976. The van der Waals surface area contributed by atoms with E-state index in [-0.39, 0.29) is 6.04 Å². The Balaban J connectivity index is 2.30. The highest BCUT2D eigenvalue weighted by Gasteiger charge is 2.08. The lowest BCUT2D eigenvalue weighted by Gasteiger charge is -2.02. The number of fused-ring (bicyclic) bond motifs is 1. The molecule has 1 aromatic carbocycles. The van der Waals surface area contributed by atoms with Crippen molar-refractivity contribution in [1.82, 2.24) is 0 Å². The number of benzene rings is 1. The Morgan fingerprint density at radius 1 is 1.44 bits per heavy atom. The van der Waals surface area contributed by atoms with Crippen molar-refractivity contribution in [2.45, 2.75) is 13.0 Å². The van der Waals surface area contributed by atoms with Gasteiger partial charge in [0.1, 0.15) is 23.7 Å². The van der Waals surface area contributed by atoms with Crippen LogP contribution in [0.2, 0.25) is 0 Å². The maximum atomic E-state index is 5.75. The smallest absolute Gasteiger partial charge is 0.138 e. The van der Waals surface area contributed by atoms with E-state index in [0.717, 1.165) is 22.5 Å². The summed E-state index contributed by atoms with van der Waals surface area (Å²) < 4.78 is 11.0. The minimum Gasteiger partial charge on any atom is -0.492 e. The summed E-state index contributed by atoms with van der Waals surface area (Å²) in [5.41, 5.74) is 6.54. The van der Waals surface area contributed by atoms with Crippen LogP contribution in [-0.4, -0.2) is 12.5 Å². The Morgan fingerprint density at radius 2 is 2.25 bits per heavy atom. The maximum absolute atomic E-state index is 5.75. The van der Waals surface area contributed by atoms with Gasteiger partial charge in [0.05, 0.1) is 11.9 Å². The van der Waals surface area contributed by atoms with E-state index < -0.39 is 0 Å². The van der Waals surface area contributed by atoms with Crippen LogP contribution >= 0.6 is 11.6 Å². The maximum Gasteiger partial charge on any atom is 0.138 e. The summed E-state index contributed by atoms with van der Waals surface area (Å²) in [6.07, 6.45) is 0. The summed E-state index contributed by atoms with van der Waals surface area (Å²) in [5, 5.41) is 1.03. The zero-order chi connectivity index (χ0) is 11.5. The minimum atomic E-state index is -0.0976. The quantitative estimate of drug-likeness (QED) is 0.835. The number of hydrogen-bond donors (Lipinski definition) is 1. The van der Waals surface area contributed by atoms with E-state index in [1.165, 1.54) is 0 Å². The highest BCUT2D eigenvalue weighted by Crippen LogP contribution is 2.26. The van der Waals surface area contributed by atoms with Crippen LogP contribution in [0.3, 0.4) is 0 Å². The van der Waals surface area contributed by atoms with Crippen LogP contribution in [0.15, 0.2) is 28.7 Å². The highest BCUT2D eigenvalue weighted by molar-refractivity contribution is 6.18. The van der Waals surface area contributed by atoms with Crippen molar-refractivity contribution in [3.05, 3.63) is 30.0 Å². The molecule has 0 saturated heterocycles. The van der Waals surface area contributed by atoms with Gasteiger partial charge in [0.25, 0.3) is 0 Å². The second kappa shape index (κ2) is 4.76. The molecule has 0 bridgehead atoms. The monoisotopic (exact) mass is 239 g/mol. The van der Waals surface area contributed by atoms with Crippen molar-refractivity contribution in [1.29, 1.82) is 0 Å². The molecule has 0 spiro atoms. The average Bonchev–Trinajstić information content (AvgIpc) is 2.69. The average molecular weight is 240 g/mol. The number of alkyl halides is 1. The lowest BCUT2D eigenvalue weighted by atomic mass is 10.2. The van der Waals surface area contributed by atoms with Crippen LogP contribution < -0.4 is 10.5 Å². The molecule has 0 aliphatic rings. The molecule has 0 saturated carbocycles. The van der Waals surface area contributed by atoms with Gasteiger partial charge in [-0.2, -0.15) is 0 Å². The van der Waals surface area contributed by atoms with E-state index in [9.17, 15) is 0 Å². The molecule has 3 nitrogen and oxygen atoms in total. The molecule has 2 rings (SSSR count). The van der Waals surface area contributed by atoms with Gasteiger partial charge in [-0.1, -0.05) is 0 Å². The summed E-state index contributed by atoms with van der Waals surface area (Å²) >= 11 is 5.55. The SMILES string of the molecule is CC(N)c1cc2ccc(OCCCl)cc2o1. The van der Waals surface area contributed by atoms with Gasteiger partial charge in [-0.3, -0.25) is 0 Å². The van der Waals surface area contributed by atoms with E-state index in [4.69, 9.17) is 26.5 Å². The second-order valence-corrected chi connectivity index (χ2v) is 4.05. The summed E-state index contributed by atoms with van der Waals surface area (Å²) in [7, 11) is 0. The first-order valence-electron chi connectivity index (χ1n) is 5.18. The molecule has 0 radical (unpaired) electrons. The Bertz CT molecular complexity index is 479. The molecular formula is C12H14ClNO2. The van der Waals surface area contributed by atoms with Gasteiger partial charge in [-0.05, 0) is 25.1 Å². The van der Waals surface area contributed by atoms with Gasteiger partial charge in [-0.25, -0.2) is 0 Å². The molecule has 4 heteroatoms. The van der Waals surface area contributed by atoms with Crippen molar-refractivity contribution in [2.75, 3.05) is 12.5 Å². The number of halogens is 1. The van der Waals surface area contributed by atoms with Crippen molar-refractivity contribution in [2.24, 2.45) is 5.73 Å². The van der Waals surface area contributed by atoms with E-state index in [0.29, 0.717) is 12.5 Å². The van der Waals surface area contributed by atoms with Gasteiger partial charge in [0.2, 0.25) is 0 Å². The van der Waals surface area contributed by atoms with Crippen molar-refractivity contribution in [3.63, 3.8) is 0 Å². The molecule has 0 amide bonds. The van der Waals surface area contributed by atoms with Crippen LogP contribution in [0.4, 0.5) is 0 Å². The van der Waals surface area contributed by atoms with E-state index >= 15 is 0 Å². The normalized spacial score (nSPS) is 12.9. The molecule has 2 N–H and O–H groups in total. The number of hydrogen-bond acceptors (Lipinski definition) is 3. The van der Waals surface area contributed by atoms with Crippen molar-refractivity contribution in [3.8, 4) is 5.75 Å². The fourth-order valence-electron chi connectivity index (χ4n) is 1.50. The molecule has 86 valence electrons. The van der Waals surface area contributed by atoms with Gasteiger partial charge in [0, 0.05) is 11.5 Å². The van der Waals surface area contributed by atoms with Crippen LogP contribution in [-0.2, 0) is 0 Å². The number of ether oxygens (including phenoxy) is 1. The van der Waals surface area contributed by atoms with Gasteiger partial charge in [-0.15, -0.1) is 11.6 Å². The number of nitrogens with two attached hydrogens (primary N) is 1. The highest BCUT2D eigenvalue weighted by atomic mass is 35.5. The van der Waals surface area contributed by atoms with Gasteiger partial charge >= 0.3 is 0 Å². The van der Waals surface area contributed by atoms with Crippen LogP contribution in [0.5, 0.6) is 5.75 Å². The van der Waals surface area contributed by atoms with E-state index in [1.54, 1.807) is 0 Å². The predicted octanol–water partition coefficient (Wildman–Crippen LogP) is 3.07. The zero-order valence-electron chi connectivity index (χ0n) is 9.07. The summed E-state index contributed by atoms with van der Waals surface area (Å²) in [6, 6.07) is 7.56. The first-order valence-corrected chi connectivity index (χ1v) is 5.72. The molecule has 1 heterocycles. The van der Waals surface area contributed by atoms with Crippen molar-refractivity contribution >= 4 is 22.6 Å². The van der Waals surface area contributed by atoms with Crippen molar-refractivity contribution < 1.29 is 9.15 Å². The Hall–Kier alpha value is -1.19. The third-order valence-corrected chi connectivity index (χ3v) is 2.46. The second-order valence-electron chi connectivity index (χ2n) is 3.67. The first-order chi connectivity index (χ1) is 7.70. The zero-order valence-corrected chi connectivity index (χ0v) is 9.83.